The quantitative estimate of drug-likeness (QED) is 0.145. The van der Waals surface area contributed by atoms with Crippen molar-refractivity contribution in [1.82, 2.24) is 11.5 Å². The Balaban J connectivity index is 0. The van der Waals surface area contributed by atoms with Crippen molar-refractivity contribution in [2.75, 3.05) is 0 Å². The van der Waals surface area contributed by atoms with Crippen LogP contribution in [0.4, 0.5) is 0 Å². The molecule has 0 aromatic rings. The number of hydrogen-bond acceptors (Lipinski definition) is 4. The van der Waals surface area contributed by atoms with Crippen molar-refractivity contribution < 1.29 is 24.6 Å². The molecule has 0 aliphatic carbocycles. The highest BCUT2D eigenvalue weighted by atomic mass is 16.4. The molecule has 0 aliphatic heterocycles. The molecule has 0 aromatic heterocycles. The van der Waals surface area contributed by atoms with Crippen LogP contribution in [-0.4, -0.2) is 33.6 Å². The molecule has 7 nitrogen and oxygen atoms in total. The van der Waals surface area contributed by atoms with Gasteiger partial charge in [0.15, 0.2) is 0 Å². The van der Waals surface area contributed by atoms with Crippen molar-refractivity contribution in [3.8, 4) is 0 Å². The van der Waals surface area contributed by atoms with Crippen LogP contribution in [0.25, 0.3) is 0 Å². The zero-order chi connectivity index (χ0) is 23.5. The van der Waals surface area contributed by atoms with E-state index in [0.717, 1.165) is 38.5 Å². The van der Waals surface area contributed by atoms with Crippen LogP contribution in [0.2, 0.25) is 0 Å². The maximum absolute atomic E-state index is 12.7. The van der Waals surface area contributed by atoms with Crippen LogP contribution in [0.3, 0.4) is 0 Å². The number of amides is 1. The van der Waals surface area contributed by atoms with E-state index in [1.54, 1.807) is 0 Å². The Hall–Kier alpha value is -1.63. The van der Waals surface area contributed by atoms with Crippen molar-refractivity contribution >= 4 is 17.8 Å². The van der Waals surface area contributed by atoms with Crippen LogP contribution in [-0.2, 0) is 14.4 Å². The van der Waals surface area contributed by atoms with E-state index in [2.05, 4.69) is 19.2 Å². The van der Waals surface area contributed by atoms with Gasteiger partial charge in [-0.2, -0.15) is 0 Å². The average Bonchev–Trinajstić information content (AvgIpc) is 2.73. The number of carbonyl (C=O) groups is 3. The Morgan fingerprint density at radius 1 is 0.719 bits per heavy atom. The normalized spacial score (nSPS) is 13.6. The van der Waals surface area contributed by atoms with Crippen molar-refractivity contribution in [2.24, 2.45) is 5.92 Å². The lowest BCUT2D eigenvalue weighted by molar-refractivity contribution is -0.149. The number of unbranched alkanes of at least 4 members (excludes halogenated alkanes) is 7. The van der Waals surface area contributed by atoms with Gasteiger partial charge in [0.2, 0.25) is 5.91 Å². The SMILES string of the molecule is CCCCCCCCC(CCCC)CCC(=O)NC(CCCC)(CCC(=O)O)C(=O)O.N. The van der Waals surface area contributed by atoms with E-state index in [1.807, 2.05) is 6.92 Å². The van der Waals surface area contributed by atoms with E-state index in [4.69, 9.17) is 5.11 Å². The summed E-state index contributed by atoms with van der Waals surface area (Å²) < 4.78 is 0. The molecule has 0 radical (unpaired) electrons. The first kappa shape index (κ1) is 32.5. The molecule has 6 N–H and O–H groups in total. The van der Waals surface area contributed by atoms with E-state index in [1.165, 1.54) is 38.5 Å². The minimum absolute atomic E-state index is 0. The van der Waals surface area contributed by atoms with Gasteiger partial charge in [-0.25, -0.2) is 4.79 Å². The van der Waals surface area contributed by atoms with Gasteiger partial charge in [-0.05, 0) is 25.2 Å². The largest absolute Gasteiger partial charge is 0.481 e. The van der Waals surface area contributed by atoms with Crippen molar-refractivity contribution in [2.45, 2.75) is 135 Å². The Labute approximate surface area is 195 Å². The van der Waals surface area contributed by atoms with Crippen LogP contribution in [0.15, 0.2) is 0 Å². The molecule has 1 amide bonds. The molecule has 32 heavy (non-hydrogen) atoms. The summed E-state index contributed by atoms with van der Waals surface area (Å²) in [6.07, 6.45) is 14.4. The number of carboxylic acids is 2. The summed E-state index contributed by atoms with van der Waals surface area (Å²) in [6, 6.07) is 0. The fourth-order valence-corrected chi connectivity index (χ4v) is 4.12. The van der Waals surface area contributed by atoms with Crippen LogP contribution in [0.1, 0.15) is 130 Å². The summed E-state index contributed by atoms with van der Waals surface area (Å²) in [5.74, 6) is -1.96. The minimum atomic E-state index is -1.48. The predicted octanol–water partition coefficient (Wildman–Crippen LogP) is 6.48. The van der Waals surface area contributed by atoms with Crippen LogP contribution in [0, 0.1) is 5.92 Å². The molecule has 7 heteroatoms. The molecule has 0 bridgehead atoms. The third-order valence-corrected chi connectivity index (χ3v) is 6.22. The second-order valence-electron chi connectivity index (χ2n) is 9.04. The van der Waals surface area contributed by atoms with Gasteiger partial charge < -0.3 is 21.7 Å². The molecule has 0 heterocycles. The van der Waals surface area contributed by atoms with E-state index < -0.39 is 17.5 Å². The minimum Gasteiger partial charge on any atom is -0.481 e. The lowest BCUT2D eigenvalue weighted by Gasteiger charge is -2.30. The van der Waals surface area contributed by atoms with Gasteiger partial charge in [-0.15, -0.1) is 0 Å². The number of rotatable bonds is 21. The molecule has 0 saturated heterocycles. The molecular weight excluding hydrogens is 408 g/mol. The first-order chi connectivity index (χ1) is 14.8. The van der Waals surface area contributed by atoms with Gasteiger partial charge in [0.05, 0.1) is 0 Å². The maximum atomic E-state index is 12.7. The summed E-state index contributed by atoms with van der Waals surface area (Å²) in [7, 11) is 0. The Morgan fingerprint density at radius 2 is 1.28 bits per heavy atom. The third-order valence-electron chi connectivity index (χ3n) is 6.22. The van der Waals surface area contributed by atoms with E-state index in [0.29, 0.717) is 18.8 Å². The summed E-state index contributed by atoms with van der Waals surface area (Å²) in [5.41, 5.74) is -1.48. The summed E-state index contributed by atoms with van der Waals surface area (Å²) in [5, 5.41) is 21.5. The molecule has 0 spiro atoms. The zero-order valence-corrected chi connectivity index (χ0v) is 20.9. The number of aliphatic carboxylic acids is 2. The Kier molecular flexibility index (Phi) is 20.4. The molecule has 0 rings (SSSR count). The number of carbonyl (C=O) groups excluding carboxylic acids is 1. The average molecular weight is 459 g/mol. The monoisotopic (exact) mass is 458 g/mol. The summed E-state index contributed by atoms with van der Waals surface area (Å²) >= 11 is 0. The fourth-order valence-electron chi connectivity index (χ4n) is 4.12. The molecule has 2 unspecified atom stereocenters. The van der Waals surface area contributed by atoms with Crippen molar-refractivity contribution in [1.29, 1.82) is 0 Å². The highest BCUT2D eigenvalue weighted by molar-refractivity contribution is 5.87. The molecule has 190 valence electrons. The van der Waals surface area contributed by atoms with Crippen molar-refractivity contribution in [3.63, 3.8) is 0 Å². The lowest BCUT2D eigenvalue weighted by atomic mass is 9.86. The van der Waals surface area contributed by atoms with E-state index in [9.17, 15) is 19.5 Å². The molecular formula is C25H50N2O5. The first-order valence-electron chi connectivity index (χ1n) is 12.6. The number of nitrogens with one attached hydrogen (secondary N) is 1. The Morgan fingerprint density at radius 3 is 1.84 bits per heavy atom. The maximum Gasteiger partial charge on any atom is 0.329 e. The van der Waals surface area contributed by atoms with Gasteiger partial charge >= 0.3 is 11.9 Å². The van der Waals surface area contributed by atoms with E-state index >= 15 is 0 Å². The second kappa shape index (κ2) is 20.0. The Bertz CT molecular complexity index is 513. The highest BCUT2D eigenvalue weighted by Gasteiger charge is 2.39. The smallest absolute Gasteiger partial charge is 0.329 e. The van der Waals surface area contributed by atoms with Crippen molar-refractivity contribution in [3.05, 3.63) is 0 Å². The molecule has 0 saturated carbocycles. The third kappa shape index (κ3) is 15.2. The number of hydrogen-bond donors (Lipinski definition) is 4. The second-order valence-corrected chi connectivity index (χ2v) is 9.04. The van der Waals surface area contributed by atoms with Gasteiger partial charge in [0.25, 0.3) is 0 Å². The van der Waals surface area contributed by atoms with Crippen LogP contribution < -0.4 is 11.5 Å². The summed E-state index contributed by atoms with van der Waals surface area (Å²) in [4.78, 5) is 35.7. The molecule has 0 aliphatic rings. The van der Waals surface area contributed by atoms with Gasteiger partial charge in [0.1, 0.15) is 5.54 Å². The first-order valence-corrected chi connectivity index (χ1v) is 12.6. The van der Waals surface area contributed by atoms with Gasteiger partial charge in [-0.3, -0.25) is 9.59 Å². The van der Waals surface area contributed by atoms with Gasteiger partial charge in [0, 0.05) is 12.8 Å². The van der Waals surface area contributed by atoms with Gasteiger partial charge in [-0.1, -0.05) is 97.8 Å². The molecule has 2 atom stereocenters. The topological polar surface area (TPSA) is 139 Å². The standard InChI is InChI=1S/C25H47NO5.H3N/c1-4-7-10-11-12-13-15-21(14-8-5-2)16-17-22(27)26-25(24(30)31,19-9-6-3)20-18-23(28)29;/h21H,4-20H2,1-3H3,(H,26,27)(H,28,29)(H,30,31);1H3. The van der Waals surface area contributed by atoms with Crippen LogP contribution in [0.5, 0.6) is 0 Å². The molecule has 0 aromatic carbocycles. The molecule has 0 fully saturated rings. The number of carboxylic acid groups (broad SMARTS) is 2. The zero-order valence-electron chi connectivity index (χ0n) is 20.9. The summed E-state index contributed by atoms with van der Waals surface area (Å²) in [6.45, 7) is 6.34. The highest BCUT2D eigenvalue weighted by Crippen LogP contribution is 2.25. The van der Waals surface area contributed by atoms with Crippen LogP contribution >= 0.6 is 0 Å². The predicted molar refractivity (Wildman–Crippen MR) is 130 cm³/mol. The van der Waals surface area contributed by atoms with E-state index in [-0.39, 0.29) is 31.3 Å². The fraction of sp³-hybridized carbons (Fsp3) is 0.880. The lowest BCUT2D eigenvalue weighted by Crippen LogP contribution is -2.54.